The largest absolute Gasteiger partial charge is 0.320 e. The summed E-state index contributed by atoms with van der Waals surface area (Å²) in [5, 5.41) is 0. The second-order valence-electron chi connectivity index (χ2n) is 5.20. The summed E-state index contributed by atoms with van der Waals surface area (Å²) in [6.07, 6.45) is 2.90. The highest BCUT2D eigenvalue weighted by Gasteiger charge is 2.18. The SMILES string of the molecule is CC(C)n1c(Br)cnc1CC(C)(C)C. The minimum absolute atomic E-state index is 0.289. The van der Waals surface area contributed by atoms with E-state index in [0.29, 0.717) is 6.04 Å². The average molecular weight is 259 g/mol. The molecule has 1 heterocycles. The highest BCUT2D eigenvalue weighted by Crippen LogP contribution is 2.25. The highest BCUT2D eigenvalue weighted by molar-refractivity contribution is 9.10. The maximum absolute atomic E-state index is 4.44. The maximum Gasteiger partial charge on any atom is 0.110 e. The van der Waals surface area contributed by atoms with Gasteiger partial charge in [-0.2, -0.15) is 0 Å². The summed E-state index contributed by atoms with van der Waals surface area (Å²) in [4.78, 5) is 4.44. The van der Waals surface area contributed by atoms with Crippen molar-refractivity contribution in [3.05, 3.63) is 16.6 Å². The van der Waals surface area contributed by atoms with Gasteiger partial charge in [-0.25, -0.2) is 4.98 Å². The molecular formula is C11H19BrN2. The van der Waals surface area contributed by atoms with Crippen LogP contribution >= 0.6 is 15.9 Å². The maximum atomic E-state index is 4.44. The summed E-state index contributed by atoms with van der Waals surface area (Å²) < 4.78 is 3.32. The molecule has 80 valence electrons. The van der Waals surface area contributed by atoms with Crippen LogP contribution in [0.1, 0.15) is 46.5 Å². The van der Waals surface area contributed by atoms with Gasteiger partial charge in [0, 0.05) is 12.5 Å². The van der Waals surface area contributed by atoms with Crippen LogP contribution in [0.3, 0.4) is 0 Å². The molecule has 0 saturated heterocycles. The van der Waals surface area contributed by atoms with E-state index in [-0.39, 0.29) is 5.41 Å². The van der Waals surface area contributed by atoms with Gasteiger partial charge < -0.3 is 4.57 Å². The van der Waals surface area contributed by atoms with Gasteiger partial charge in [-0.1, -0.05) is 20.8 Å². The van der Waals surface area contributed by atoms with Crippen molar-refractivity contribution in [1.29, 1.82) is 0 Å². The predicted octanol–water partition coefficient (Wildman–Crippen LogP) is 3.82. The van der Waals surface area contributed by atoms with E-state index in [4.69, 9.17) is 0 Å². The Balaban J connectivity index is 2.98. The van der Waals surface area contributed by atoms with E-state index in [1.54, 1.807) is 0 Å². The van der Waals surface area contributed by atoms with Crippen LogP contribution < -0.4 is 0 Å². The molecule has 0 atom stereocenters. The number of aromatic nitrogens is 2. The fourth-order valence-corrected chi connectivity index (χ4v) is 2.24. The zero-order valence-corrected chi connectivity index (χ0v) is 11.2. The van der Waals surface area contributed by atoms with Crippen LogP contribution in [0.25, 0.3) is 0 Å². The Morgan fingerprint density at radius 3 is 2.43 bits per heavy atom. The van der Waals surface area contributed by atoms with Gasteiger partial charge in [0.2, 0.25) is 0 Å². The van der Waals surface area contributed by atoms with Crippen molar-refractivity contribution in [3.8, 4) is 0 Å². The van der Waals surface area contributed by atoms with E-state index in [9.17, 15) is 0 Å². The minimum atomic E-state index is 0.289. The molecule has 0 aliphatic heterocycles. The summed E-state index contributed by atoms with van der Waals surface area (Å²) >= 11 is 3.53. The van der Waals surface area contributed by atoms with Crippen LogP contribution in [0, 0.1) is 5.41 Å². The number of halogens is 1. The summed E-state index contributed by atoms with van der Waals surface area (Å²) in [6, 6.07) is 0.462. The van der Waals surface area contributed by atoms with Gasteiger partial charge in [-0.15, -0.1) is 0 Å². The van der Waals surface area contributed by atoms with E-state index in [1.165, 1.54) is 5.82 Å². The lowest BCUT2D eigenvalue weighted by molar-refractivity contribution is 0.385. The van der Waals surface area contributed by atoms with Crippen molar-refractivity contribution in [2.45, 2.75) is 47.1 Å². The highest BCUT2D eigenvalue weighted by atomic mass is 79.9. The van der Waals surface area contributed by atoms with E-state index >= 15 is 0 Å². The smallest absolute Gasteiger partial charge is 0.110 e. The van der Waals surface area contributed by atoms with Crippen molar-refractivity contribution in [1.82, 2.24) is 9.55 Å². The fourth-order valence-electron chi connectivity index (χ4n) is 1.53. The molecule has 2 nitrogen and oxygen atoms in total. The first-order valence-corrected chi connectivity index (χ1v) is 5.82. The number of hydrogen-bond acceptors (Lipinski definition) is 1. The van der Waals surface area contributed by atoms with Gasteiger partial charge in [0.25, 0.3) is 0 Å². The molecule has 1 aromatic heterocycles. The molecule has 0 spiro atoms. The normalized spacial score (nSPS) is 12.5. The number of nitrogens with zero attached hydrogens (tertiary/aromatic N) is 2. The van der Waals surface area contributed by atoms with Crippen LogP contribution in [-0.2, 0) is 6.42 Å². The molecule has 14 heavy (non-hydrogen) atoms. The molecular weight excluding hydrogens is 240 g/mol. The molecule has 1 aromatic rings. The second kappa shape index (κ2) is 4.05. The van der Waals surface area contributed by atoms with Gasteiger partial charge >= 0.3 is 0 Å². The molecule has 0 fully saturated rings. The first kappa shape index (κ1) is 11.8. The van der Waals surface area contributed by atoms with Gasteiger partial charge in [0.15, 0.2) is 0 Å². The fraction of sp³-hybridized carbons (Fsp3) is 0.727. The van der Waals surface area contributed by atoms with Crippen LogP contribution in [0.15, 0.2) is 10.8 Å². The Labute approximate surface area is 94.9 Å². The molecule has 0 unspecified atom stereocenters. The lowest BCUT2D eigenvalue weighted by Gasteiger charge is -2.20. The average Bonchev–Trinajstić information content (AvgIpc) is 2.27. The Morgan fingerprint density at radius 2 is 2.00 bits per heavy atom. The molecule has 0 bridgehead atoms. The quantitative estimate of drug-likeness (QED) is 0.789. The second-order valence-corrected chi connectivity index (χ2v) is 6.01. The third-order valence-electron chi connectivity index (χ3n) is 2.03. The van der Waals surface area contributed by atoms with Crippen LogP contribution in [0.4, 0.5) is 0 Å². The Hall–Kier alpha value is -0.310. The topological polar surface area (TPSA) is 17.8 Å². The van der Waals surface area contributed by atoms with Crippen molar-refractivity contribution in [3.63, 3.8) is 0 Å². The molecule has 0 saturated carbocycles. The van der Waals surface area contributed by atoms with Crippen LogP contribution in [-0.4, -0.2) is 9.55 Å². The lowest BCUT2D eigenvalue weighted by Crippen LogP contribution is -2.15. The Kier molecular flexibility index (Phi) is 3.40. The minimum Gasteiger partial charge on any atom is -0.320 e. The Bertz CT molecular complexity index is 308. The van der Waals surface area contributed by atoms with Gasteiger partial charge in [-0.3, -0.25) is 0 Å². The molecule has 3 heteroatoms. The van der Waals surface area contributed by atoms with Crippen LogP contribution in [0.5, 0.6) is 0 Å². The Morgan fingerprint density at radius 1 is 1.43 bits per heavy atom. The molecule has 0 amide bonds. The van der Waals surface area contributed by atoms with Gasteiger partial charge in [-0.05, 0) is 35.2 Å². The van der Waals surface area contributed by atoms with Gasteiger partial charge in [0.05, 0.1) is 6.20 Å². The number of rotatable bonds is 2. The van der Waals surface area contributed by atoms with E-state index in [1.807, 2.05) is 6.20 Å². The van der Waals surface area contributed by atoms with E-state index in [2.05, 4.69) is 60.1 Å². The zero-order valence-electron chi connectivity index (χ0n) is 9.63. The third-order valence-corrected chi connectivity index (χ3v) is 2.62. The third kappa shape index (κ3) is 2.84. The zero-order chi connectivity index (χ0) is 10.9. The summed E-state index contributed by atoms with van der Waals surface area (Å²) in [6.45, 7) is 11.1. The first-order chi connectivity index (χ1) is 6.31. The van der Waals surface area contributed by atoms with Crippen molar-refractivity contribution < 1.29 is 0 Å². The predicted molar refractivity (Wildman–Crippen MR) is 63.5 cm³/mol. The van der Waals surface area contributed by atoms with Crippen molar-refractivity contribution >= 4 is 15.9 Å². The molecule has 0 radical (unpaired) electrons. The monoisotopic (exact) mass is 258 g/mol. The van der Waals surface area contributed by atoms with Crippen molar-refractivity contribution in [2.24, 2.45) is 5.41 Å². The first-order valence-electron chi connectivity index (χ1n) is 5.03. The summed E-state index contributed by atoms with van der Waals surface area (Å²) in [5.41, 5.74) is 0.289. The molecule has 0 aromatic carbocycles. The molecule has 0 aliphatic carbocycles. The molecule has 1 rings (SSSR count). The van der Waals surface area contributed by atoms with Crippen LogP contribution in [0.2, 0.25) is 0 Å². The number of hydrogen-bond donors (Lipinski definition) is 0. The molecule has 0 aliphatic rings. The summed E-state index contributed by atoms with van der Waals surface area (Å²) in [7, 11) is 0. The van der Waals surface area contributed by atoms with E-state index < -0.39 is 0 Å². The van der Waals surface area contributed by atoms with Crippen molar-refractivity contribution in [2.75, 3.05) is 0 Å². The van der Waals surface area contributed by atoms with Gasteiger partial charge in [0.1, 0.15) is 10.4 Å². The molecule has 0 N–H and O–H groups in total. The lowest BCUT2D eigenvalue weighted by atomic mass is 9.92. The summed E-state index contributed by atoms with van der Waals surface area (Å²) in [5.74, 6) is 1.17. The van der Waals surface area contributed by atoms with E-state index in [0.717, 1.165) is 11.0 Å². The standard InChI is InChI=1S/C11H19BrN2/c1-8(2)14-9(12)7-13-10(14)6-11(3,4)5/h7-8H,6H2,1-5H3. The number of imidazole rings is 1.